The molecule has 0 atom stereocenters. The van der Waals surface area contributed by atoms with Crippen molar-refractivity contribution in [3.05, 3.63) is 58.0 Å². The van der Waals surface area contributed by atoms with E-state index < -0.39 is 0 Å². The van der Waals surface area contributed by atoms with Crippen molar-refractivity contribution in [1.82, 2.24) is 5.32 Å². The first-order valence-electron chi connectivity index (χ1n) is 9.22. The van der Waals surface area contributed by atoms with Crippen molar-refractivity contribution in [1.29, 1.82) is 0 Å². The maximum absolute atomic E-state index is 11.8. The second-order valence-electron chi connectivity index (χ2n) is 6.58. The van der Waals surface area contributed by atoms with Crippen LogP contribution in [0.25, 0.3) is 6.08 Å². The number of aryl methyl sites for hydroxylation is 2. The van der Waals surface area contributed by atoms with Crippen LogP contribution >= 0.6 is 24.0 Å². The van der Waals surface area contributed by atoms with E-state index in [2.05, 4.69) is 17.4 Å². The van der Waals surface area contributed by atoms with Crippen LogP contribution in [0.1, 0.15) is 23.1 Å². The number of hydrogen-bond acceptors (Lipinski definition) is 6. The van der Waals surface area contributed by atoms with Crippen molar-refractivity contribution >= 4 is 40.3 Å². The number of amides is 1. The Morgan fingerprint density at radius 2 is 1.79 bits per heavy atom. The van der Waals surface area contributed by atoms with Gasteiger partial charge in [0.2, 0.25) is 0 Å². The van der Waals surface area contributed by atoms with E-state index >= 15 is 0 Å². The Morgan fingerprint density at radius 3 is 2.48 bits per heavy atom. The minimum atomic E-state index is -0.178. The molecule has 5 nitrogen and oxygen atoms in total. The third-order valence-electron chi connectivity index (χ3n) is 4.27. The van der Waals surface area contributed by atoms with Crippen molar-refractivity contribution in [3.8, 4) is 17.2 Å². The molecule has 152 valence electrons. The molecular formula is C22H23NO4S2. The summed E-state index contributed by atoms with van der Waals surface area (Å²) in [5.41, 5.74) is 3.14. The zero-order valence-corrected chi connectivity index (χ0v) is 18.2. The highest BCUT2D eigenvalue weighted by Gasteiger charge is 2.22. The average molecular weight is 430 g/mol. The van der Waals surface area contributed by atoms with Gasteiger partial charge in [0.1, 0.15) is 10.1 Å². The predicted molar refractivity (Wildman–Crippen MR) is 121 cm³/mol. The van der Waals surface area contributed by atoms with Gasteiger partial charge in [0, 0.05) is 6.42 Å². The number of hydrogen-bond donors (Lipinski definition) is 1. The van der Waals surface area contributed by atoms with Crippen LogP contribution in [0, 0.1) is 13.8 Å². The Balaban J connectivity index is 1.54. The number of benzene rings is 2. The maximum atomic E-state index is 11.8. The molecule has 1 N–H and O–H groups in total. The monoisotopic (exact) mass is 429 g/mol. The molecule has 0 bridgehead atoms. The van der Waals surface area contributed by atoms with Gasteiger partial charge in [-0.1, -0.05) is 42.2 Å². The largest absolute Gasteiger partial charge is 0.493 e. The number of carbonyl (C=O) groups excluding carboxylic acids is 1. The molecule has 1 fully saturated rings. The van der Waals surface area contributed by atoms with Gasteiger partial charge < -0.3 is 19.5 Å². The van der Waals surface area contributed by atoms with Crippen LogP contribution in [0.2, 0.25) is 0 Å². The van der Waals surface area contributed by atoms with E-state index in [4.69, 9.17) is 26.4 Å². The summed E-state index contributed by atoms with van der Waals surface area (Å²) in [7, 11) is 1.59. The minimum absolute atomic E-state index is 0.178. The number of nitrogens with one attached hydrogen (secondary N) is 1. The number of rotatable bonds is 8. The number of ether oxygens (including phenoxy) is 3. The first-order valence-corrected chi connectivity index (χ1v) is 10.4. The SMILES string of the molecule is COc1cc(/C=C2/SC(=S)NC2=O)ccc1OCCCOc1cc(C)ccc1C. The summed E-state index contributed by atoms with van der Waals surface area (Å²) in [6.07, 6.45) is 2.53. The van der Waals surface area contributed by atoms with Crippen LogP contribution in [0.15, 0.2) is 41.3 Å². The lowest BCUT2D eigenvalue weighted by Gasteiger charge is -2.13. The minimum Gasteiger partial charge on any atom is -0.493 e. The zero-order valence-electron chi connectivity index (χ0n) is 16.6. The van der Waals surface area contributed by atoms with Gasteiger partial charge in [0.25, 0.3) is 5.91 Å². The normalized spacial score (nSPS) is 14.8. The lowest BCUT2D eigenvalue weighted by atomic mass is 10.1. The van der Waals surface area contributed by atoms with E-state index in [1.165, 1.54) is 17.3 Å². The molecule has 2 aromatic carbocycles. The molecular weight excluding hydrogens is 406 g/mol. The fraction of sp³-hybridized carbons (Fsp3) is 0.273. The quantitative estimate of drug-likeness (QED) is 0.375. The van der Waals surface area contributed by atoms with Crippen molar-refractivity contribution in [2.24, 2.45) is 0 Å². The molecule has 0 saturated carbocycles. The molecule has 29 heavy (non-hydrogen) atoms. The fourth-order valence-corrected chi connectivity index (χ4v) is 3.80. The highest BCUT2D eigenvalue weighted by atomic mass is 32.2. The van der Waals surface area contributed by atoms with Crippen molar-refractivity contribution in [3.63, 3.8) is 0 Å². The fourth-order valence-electron chi connectivity index (χ4n) is 2.75. The van der Waals surface area contributed by atoms with E-state index in [-0.39, 0.29) is 5.91 Å². The van der Waals surface area contributed by atoms with Crippen LogP contribution in [0.3, 0.4) is 0 Å². The number of methoxy groups -OCH3 is 1. The second-order valence-corrected chi connectivity index (χ2v) is 8.30. The van der Waals surface area contributed by atoms with Crippen LogP contribution in [0.5, 0.6) is 17.2 Å². The number of thiocarbonyl (C=S) groups is 1. The molecule has 0 spiro atoms. The average Bonchev–Trinajstić information content (AvgIpc) is 3.01. The molecule has 1 aliphatic rings. The molecule has 1 heterocycles. The van der Waals surface area contributed by atoms with Crippen molar-refractivity contribution in [2.45, 2.75) is 20.3 Å². The van der Waals surface area contributed by atoms with Crippen molar-refractivity contribution < 1.29 is 19.0 Å². The second kappa shape index (κ2) is 9.80. The summed E-state index contributed by atoms with van der Waals surface area (Å²) >= 11 is 6.26. The first kappa shape index (κ1) is 21.2. The van der Waals surface area contributed by atoms with Gasteiger partial charge in [-0.15, -0.1) is 0 Å². The molecule has 0 unspecified atom stereocenters. The summed E-state index contributed by atoms with van der Waals surface area (Å²) < 4.78 is 17.6. The summed E-state index contributed by atoms with van der Waals surface area (Å²) in [6, 6.07) is 11.7. The van der Waals surface area contributed by atoms with Gasteiger partial charge in [-0.25, -0.2) is 0 Å². The first-order chi connectivity index (χ1) is 14.0. The van der Waals surface area contributed by atoms with Crippen LogP contribution in [-0.4, -0.2) is 30.6 Å². The van der Waals surface area contributed by atoms with Gasteiger partial charge in [-0.05, 0) is 54.8 Å². The van der Waals surface area contributed by atoms with Gasteiger partial charge in [0.05, 0.1) is 25.2 Å². The third-order valence-corrected chi connectivity index (χ3v) is 5.44. The smallest absolute Gasteiger partial charge is 0.263 e. The third kappa shape index (κ3) is 5.74. The molecule has 0 aromatic heterocycles. The Kier molecular flexibility index (Phi) is 7.17. The zero-order chi connectivity index (χ0) is 20.8. The van der Waals surface area contributed by atoms with E-state index in [0.29, 0.717) is 33.9 Å². The van der Waals surface area contributed by atoms with Crippen LogP contribution in [0.4, 0.5) is 0 Å². The molecule has 1 saturated heterocycles. The lowest BCUT2D eigenvalue weighted by Crippen LogP contribution is -2.17. The standard InChI is InChI=1S/C22H23NO4S2/c1-14-5-6-15(2)18(11-14)27-10-4-9-26-17-8-7-16(12-19(17)25-3)13-20-21(24)23-22(28)29-20/h5-8,11-13H,4,9-10H2,1-3H3,(H,23,24,28)/b20-13+. The Labute approximate surface area is 180 Å². The summed E-state index contributed by atoms with van der Waals surface area (Å²) in [5, 5.41) is 2.60. The van der Waals surface area contributed by atoms with E-state index in [0.717, 1.165) is 23.3 Å². The lowest BCUT2D eigenvalue weighted by molar-refractivity contribution is -0.115. The van der Waals surface area contributed by atoms with E-state index in [9.17, 15) is 4.79 Å². The highest BCUT2D eigenvalue weighted by Crippen LogP contribution is 2.31. The molecule has 7 heteroatoms. The van der Waals surface area contributed by atoms with Crippen LogP contribution < -0.4 is 19.5 Å². The summed E-state index contributed by atoms with van der Waals surface area (Å²) in [4.78, 5) is 12.4. The van der Waals surface area contributed by atoms with Gasteiger partial charge in [-0.3, -0.25) is 4.79 Å². The summed E-state index contributed by atoms with van der Waals surface area (Å²) in [6.45, 7) is 5.17. The highest BCUT2D eigenvalue weighted by molar-refractivity contribution is 8.26. The Hall–Kier alpha value is -2.51. The van der Waals surface area contributed by atoms with Gasteiger partial charge >= 0.3 is 0 Å². The van der Waals surface area contributed by atoms with Crippen molar-refractivity contribution in [2.75, 3.05) is 20.3 Å². The Bertz CT molecular complexity index is 956. The van der Waals surface area contributed by atoms with E-state index in [1.807, 2.05) is 38.1 Å². The molecule has 2 aromatic rings. The Morgan fingerprint density at radius 1 is 1.03 bits per heavy atom. The van der Waals surface area contributed by atoms with Gasteiger partial charge in [0.15, 0.2) is 11.5 Å². The van der Waals surface area contributed by atoms with Crippen LogP contribution in [-0.2, 0) is 4.79 Å². The molecule has 0 radical (unpaired) electrons. The molecule has 1 aliphatic heterocycles. The summed E-state index contributed by atoms with van der Waals surface area (Å²) in [5.74, 6) is 2.00. The molecule has 3 rings (SSSR count). The number of carbonyl (C=O) groups is 1. The van der Waals surface area contributed by atoms with Gasteiger partial charge in [-0.2, -0.15) is 0 Å². The maximum Gasteiger partial charge on any atom is 0.263 e. The number of thioether (sulfide) groups is 1. The topological polar surface area (TPSA) is 56.8 Å². The predicted octanol–water partition coefficient (Wildman–Crippen LogP) is 4.65. The molecule has 1 amide bonds. The van der Waals surface area contributed by atoms with E-state index in [1.54, 1.807) is 13.2 Å². The molecule has 0 aliphatic carbocycles.